The number of halogens is 1. The second-order valence-electron chi connectivity index (χ2n) is 7.43. The van der Waals surface area contributed by atoms with Crippen LogP contribution in [0.1, 0.15) is 22.8 Å². The van der Waals surface area contributed by atoms with E-state index in [9.17, 15) is 9.18 Å². The predicted molar refractivity (Wildman–Crippen MR) is 107 cm³/mol. The molecule has 0 aliphatic carbocycles. The Kier molecular flexibility index (Phi) is 4.70. The number of fused-ring (bicyclic) bond motifs is 1. The molecule has 0 saturated carbocycles. The minimum atomic E-state index is -0.323. The molecule has 4 nitrogen and oxygen atoms in total. The van der Waals surface area contributed by atoms with Crippen molar-refractivity contribution in [2.24, 2.45) is 0 Å². The zero-order chi connectivity index (χ0) is 19.0. The molecule has 3 aromatic rings. The fourth-order valence-electron chi connectivity index (χ4n) is 3.98. The van der Waals surface area contributed by atoms with Gasteiger partial charge in [0.05, 0.1) is 6.54 Å². The Labute approximate surface area is 158 Å². The third-order valence-corrected chi connectivity index (χ3v) is 5.36. The number of benzene rings is 2. The number of ketones is 1. The first-order valence-corrected chi connectivity index (χ1v) is 9.37. The van der Waals surface area contributed by atoms with Gasteiger partial charge in [0.15, 0.2) is 5.78 Å². The molecule has 0 unspecified atom stereocenters. The summed E-state index contributed by atoms with van der Waals surface area (Å²) in [5.74, 6) is -0.292. The number of carbonyl (C=O) groups is 1. The molecule has 4 rings (SSSR count). The van der Waals surface area contributed by atoms with Crippen LogP contribution in [0.15, 0.2) is 48.7 Å². The van der Waals surface area contributed by atoms with Crippen LogP contribution >= 0.6 is 0 Å². The van der Waals surface area contributed by atoms with Gasteiger partial charge in [-0.2, -0.15) is 0 Å². The van der Waals surface area contributed by atoms with Crippen molar-refractivity contribution in [3.8, 4) is 0 Å². The molecule has 0 amide bonds. The number of Topliss-reactive ketones (excluding diaryl/α,β-unsaturated/α-hetero) is 1. The maximum absolute atomic E-state index is 13.6. The van der Waals surface area contributed by atoms with Crippen molar-refractivity contribution in [1.82, 2.24) is 9.88 Å². The molecule has 1 aliphatic rings. The number of carbonyl (C=O) groups excluding carboxylic acids is 1. The van der Waals surface area contributed by atoms with E-state index in [-0.39, 0.29) is 11.6 Å². The topological polar surface area (TPSA) is 39.3 Å². The van der Waals surface area contributed by atoms with E-state index in [1.54, 1.807) is 12.3 Å². The quantitative estimate of drug-likeness (QED) is 0.710. The maximum atomic E-state index is 13.6. The first-order chi connectivity index (χ1) is 13.0. The number of piperazine rings is 1. The van der Waals surface area contributed by atoms with Gasteiger partial charge in [0.25, 0.3) is 0 Å². The van der Waals surface area contributed by atoms with Crippen LogP contribution in [-0.2, 0) is 0 Å². The van der Waals surface area contributed by atoms with Crippen molar-refractivity contribution in [3.05, 3.63) is 65.6 Å². The van der Waals surface area contributed by atoms with Gasteiger partial charge in [0, 0.05) is 54.0 Å². The van der Waals surface area contributed by atoms with Gasteiger partial charge in [-0.25, -0.2) is 4.39 Å². The molecular formula is C22H24FN3O. The molecule has 2 aromatic carbocycles. The molecule has 1 saturated heterocycles. The van der Waals surface area contributed by atoms with Crippen LogP contribution in [0.4, 0.5) is 10.1 Å². The lowest BCUT2D eigenvalue weighted by atomic mass is 10.1. The van der Waals surface area contributed by atoms with E-state index in [0.717, 1.165) is 25.2 Å². The Balaban J connectivity index is 1.45. The summed E-state index contributed by atoms with van der Waals surface area (Å²) in [6.07, 6.45) is 1.69. The first-order valence-electron chi connectivity index (χ1n) is 9.37. The van der Waals surface area contributed by atoms with Gasteiger partial charge in [-0.15, -0.1) is 0 Å². The van der Waals surface area contributed by atoms with E-state index < -0.39 is 0 Å². The Hall–Kier alpha value is -2.66. The molecule has 27 heavy (non-hydrogen) atoms. The Morgan fingerprint density at radius 3 is 2.85 bits per heavy atom. The second-order valence-corrected chi connectivity index (χ2v) is 7.43. The normalized spacial score (nSPS) is 18.2. The minimum Gasteiger partial charge on any atom is -0.366 e. The van der Waals surface area contributed by atoms with Crippen molar-refractivity contribution in [2.75, 3.05) is 31.1 Å². The fourth-order valence-corrected chi connectivity index (χ4v) is 3.98. The number of hydrogen-bond donors (Lipinski definition) is 1. The second kappa shape index (κ2) is 7.16. The van der Waals surface area contributed by atoms with Crippen molar-refractivity contribution in [2.45, 2.75) is 19.9 Å². The lowest BCUT2D eigenvalue weighted by Crippen LogP contribution is -2.53. The summed E-state index contributed by atoms with van der Waals surface area (Å²) < 4.78 is 13.6. The third kappa shape index (κ3) is 3.60. The smallest absolute Gasteiger partial charge is 0.178 e. The SMILES string of the molecule is Cc1cccc(N2CCN(CC(=O)c3c[nH]c4ccc(F)cc34)C[C@H]2C)c1. The summed E-state index contributed by atoms with van der Waals surface area (Å²) in [5.41, 5.74) is 3.85. The van der Waals surface area contributed by atoms with Crippen LogP contribution in [-0.4, -0.2) is 47.9 Å². The predicted octanol–water partition coefficient (Wildman–Crippen LogP) is 4.01. The standard InChI is InChI=1S/C22H24FN3O/c1-15-4-3-5-18(10-15)26-9-8-25(13-16(26)2)14-22(27)20-12-24-21-7-6-17(23)11-19(20)21/h3-7,10-12,16,24H,8-9,13-14H2,1-2H3/t16-/m1/s1. The van der Waals surface area contributed by atoms with Crippen molar-refractivity contribution in [3.63, 3.8) is 0 Å². The summed E-state index contributed by atoms with van der Waals surface area (Å²) in [4.78, 5) is 20.5. The molecule has 0 spiro atoms. The number of rotatable bonds is 4. The molecule has 0 bridgehead atoms. The Morgan fingerprint density at radius 2 is 2.07 bits per heavy atom. The lowest BCUT2D eigenvalue weighted by molar-refractivity contribution is 0.0919. The minimum absolute atomic E-state index is 0.0306. The number of hydrogen-bond acceptors (Lipinski definition) is 3. The van der Waals surface area contributed by atoms with Gasteiger partial charge >= 0.3 is 0 Å². The highest BCUT2D eigenvalue weighted by molar-refractivity contribution is 6.08. The van der Waals surface area contributed by atoms with Gasteiger partial charge in [0.2, 0.25) is 0 Å². The Bertz CT molecular complexity index is 981. The molecule has 1 N–H and O–H groups in total. The first kappa shape index (κ1) is 17.7. The van der Waals surface area contributed by atoms with Gasteiger partial charge < -0.3 is 9.88 Å². The zero-order valence-electron chi connectivity index (χ0n) is 15.7. The highest BCUT2D eigenvalue weighted by Gasteiger charge is 2.26. The zero-order valence-corrected chi connectivity index (χ0v) is 15.7. The molecule has 1 fully saturated rings. The van der Waals surface area contributed by atoms with Gasteiger partial charge in [-0.05, 0) is 49.7 Å². The molecule has 2 heterocycles. The van der Waals surface area contributed by atoms with E-state index in [4.69, 9.17) is 0 Å². The highest BCUT2D eigenvalue weighted by atomic mass is 19.1. The molecular weight excluding hydrogens is 341 g/mol. The average Bonchev–Trinajstić information content (AvgIpc) is 3.05. The van der Waals surface area contributed by atoms with Crippen molar-refractivity contribution >= 4 is 22.4 Å². The summed E-state index contributed by atoms with van der Waals surface area (Å²) in [6.45, 7) is 7.21. The number of aryl methyl sites for hydroxylation is 1. The van der Waals surface area contributed by atoms with Crippen LogP contribution in [0.2, 0.25) is 0 Å². The molecule has 1 aromatic heterocycles. The lowest BCUT2D eigenvalue weighted by Gasteiger charge is -2.41. The van der Waals surface area contributed by atoms with Crippen LogP contribution in [0.3, 0.4) is 0 Å². The van der Waals surface area contributed by atoms with Crippen LogP contribution in [0.5, 0.6) is 0 Å². The van der Waals surface area contributed by atoms with Crippen LogP contribution < -0.4 is 4.90 Å². The molecule has 1 atom stereocenters. The van der Waals surface area contributed by atoms with Crippen molar-refractivity contribution in [1.29, 1.82) is 0 Å². The summed E-state index contributed by atoms with van der Waals surface area (Å²) in [7, 11) is 0. The summed E-state index contributed by atoms with van der Waals surface area (Å²) in [6, 6.07) is 13.4. The van der Waals surface area contributed by atoms with Crippen LogP contribution in [0.25, 0.3) is 10.9 Å². The third-order valence-electron chi connectivity index (χ3n) is 5.36. The maximum Gasteiger partial charge on any atom is 0.178 e. The number of nitrogens with one attached hydrogen (secondary N) is 1. The van der Waals surface area contributed by atoms with Crippen LogP contribution in [0, 0.1) is 12.7 Å². The molecule has 1 aliphatic heterocycles. The van der Waals surface area contributed by atoms with E-state index >= 15 is 0 Å². The number of H-pyrrole nitrogens is 1. The summed E-state index contributed by atoms with van der Waals surface area (Å²) in [5, 5.41) is 0.659. The number of aromatic nitrogens is 1. The van der Waals surface area contributed by atoms with Gasteiger partial charge in [0.1, 0.15) is 5.82 Å². The molecule has 140 valence electrons. The van der Waals surface area contributed by atoms with E-state index in [1.165, 1.54) is 23.4 Å². The number of anilines is 1. The van der Waals surface area contributed by atoms with E-state index in [1.807, 2.05) is 0 Å². The van der Waals surface area contributed by atoms with E-state index in [2.05, 4.69) is 52.9 Å². The fraction of sp³-hybridized carbons (Fsp3) is 0.318. The highest BCUT2D eigenvalue weighted by Crippen LogP contribution is 2.23. The largest absolute Gasteiger partial charge is 0.366 e. The summed E-state index contributed by atoms with van der Waals surface area (Å²) >= 11 is 0. The number of nitrogens with zero attached hydrogens (tertiary/aromatic N) is 2. The van der Waals surface area contributed by atoms with E-state index in [0.29, 0.717) is 23.5 Å². The average molecular weight is 365 g/mol. The monoisotopic (exact) mass is 365 g/mol. The van der Waals surface area contributed by atoms with Gasteiger partial charge in [-0.3, -0.25) is 9.69 Å². The van der Waals surface area contributed by atoms with Gasteiger partial charge in [-0.1, -0.05) is 12.1 Å². The number of aromatic amines is 1. The molecule has 0 radical (unpaired) electrons. The Morgan fingerprint density at radius 1 is 1.22 bits per heavy atom. The van der Waals surface area contributed by atoms with Crippen molar-refractivity contribution < 1.29 is 9.18 Å². The molecule has 5 heteroatoms.